The molecule has 6 nitrogen and oxygen atoms in total. The Morgan fingerprint density at radius 1 is 1.00 bits per heavy atom. The lowest BCUT2D eigenvalue weighted by molar-refractivity contribution is -0.124. The maximum Gasteiger partial charge on any atom is 0.222 e. The van der Waals surface area contributed by atoms with E-state index in [1.807, 2.05) is 0 Å². The zero-order valence-corrected chi connectivity index (χ0v) is 15.4. The van der Waals surface area contributed by atoms with E-state index in [0.29, 0.717) is 32.1 Å². The molecule has 0 aliphatic rings. The Hall–Kier alpha value is -1.21. The molecule has 0 saturated heterocycles. The number of nitrogens with one attached hydrogen (secondary N) is 2. The minimum absolute atomic E-state index is 0.0345. The zero-order chi connectivity index (χ0) is 18.4. The quantitative estimate of drug-likeness (QED) is 0.468. The lowest BCUT2D eigenvalue weighted by Gasteiger charge is -2.12. The Kier molecular flexibility index (Phi) is 13.4. The minimum atomic E-state index is -1.23. The Labute approximate surface area is 144 Å². The maximum atomic E-state index is 13.4. The highest BCUT2D eigenvalue weighted by molar-refractivity contribution is 5.77. The Morgan fingerprint density at radius 2 is 1.67 bits per heavy atom. The van der Waals surface area contributed by atoms with Crippen molar-refractivity contribution >= 4 is 11.8 Å². The fourth-order valence-corrected chi connectivity index (χ4v) is 1.68. The third-order valence-electron chi connectivity index (χ3n) is 3.21. The molecule has 142 valence electrons. The van der Waals surface area contributed by atoms with Crippen molar-refractivity contribution in [3.05, 3.63) is 0 Å². The van der Waals surface area contributed by atoms with E-state index in [4.69, 9.17) is 9.47 Å². The van der Waals surface area contributed by atoms with Crippen molar-refractivity contribution in [2.75, 3.05) is 39.5 Å². The van der Waals surface area contributed by atoms with Gasteiger partial charge in [0.2, 0.25) is 11.8 Å². The zero-order valence-electron chi connectivity index (χ0n) is 15.4. The van der Waals surface area contributed by atoms with Gasteiger partial charge in [0.15, 0.2) is 0 Å². The first-order valence-electron chi connectivity index (χ1n) is 8.66. The van der Waals surface area contributed by atoms with Crippen molar-refractivity contribution in [3.63, 3.8) is 0 Å². The summed E-state index contributed by atoms with van der Waals surface area (Å²) in [5.41, 5.74) is 0. The second kappa shape index (κ2) is 14.2. The van der Waals surface area contributed by atoms with Crippen LogP contribution in [0.5, 0.6) is 0 Å². The number of alkyl halides is 1. The molecule has 0 aromatic carbocycles. The second-order valence-corrected chi connectivity index (χ2v) is 6.47. The van der Waals surface area contributed by atoms with Crippen LogP contribution in [0.25, 0.3) is 0 Å². The van der Waals surface area contributed by atoms with Crippen LogP contribution in [0, 0.1) is 11.8 Å². The van der Waals surface area contributed by atoms with E-state index < -0.39 is 6.17 Å². The molecule has 7 heteroatoms. The first-order valence-corrected chi connectivity index (χ1v) is 8.66. The molecule has 0 spiro atoms. The predicted octanol–water partition coefficient (Wildman–Crippen LogP) is 1.68. The van der Waals surface area contributed by atoms with E-state index in [0.717, 1.165) is 6.42 Å². The molecule has 0 aromatic rings. The van der Waals surface area contributed by atoms with Crippen LogP contribution in [0.2, 0.25) is 0 Å². The Morgan fingerprint density at radius 3 is 2.29 bits per heavy atom. The molecule has 0 aliphatic carbocycles. The van der Waals surface area contributed by atoms with E-state index in [9.17, 15) is 14.0 Å². The molecule has 0 rings (SSSR count). The third kappa shape index (κ3) is 14.4. The molecular formula is C17H33FN2O4. The number of hydrogen-bond acceptors (Lipinski definition) is 4. The Balaban J connectivity index is 3.38. The monoisotopic (exact) mass is 348 g/mol. The summed E-state index contributed by atoms with van der Waals surface area (Å²) in [5, 5.41) is 5.29. The second-order valence-electron chi connectivity index (χ2n) is 6.47. The van der Waals surface area contributed by atoms with Crippen LogP contribution in [0.15, 0.2) is 0 Å². The fraction of sp³-hybridized carbons (Fsp3) is 0.882. The first kappa shape index (κ1) is 22.8. The first-order chi connectivity index (χ1) is 11.3. The fourth-order valence-electron chi connectivity index (χ4n) is 1.68. The molecule has 0 heterocycles. The summed E-state index contributed by atoms with van der Waals surface area (Å²) in [5.74, 6) is 0.225. The summed E-state index contributed by atoms with van der Waals surface area (Å²) >= 11 is 0. The van der Waals surface area contributed by atoms with Crippen molar-refractivity contribution in [2.24, 2.45) is 11.8 Å². The van der Waals surface area contributed by atoms with Gasteiger partial charge in [0.1, 0.15) is 6.17 Å². The number of rotatable bonds is 14. The molecule has 0 aromatic heterocycles. The molecule has 0 fully saturated rings. The summed E-state index contributed by atoms with van der Waals surface area (Å²) < 4.78 is 23.9. The van der Waals surface area contributed by atoms with Crippen LogP contribution < -0.4 is 10.6 Å². The van der Waals surface area contributed by atoms with Crippen LogP contribution in [0.1, 0.15) is 40.5 Å². The number of carbonyl (C=O) groups is 2. The largest absolute Gasteiger partial charge is 0.377 e. The summed E-state index contributed by atoms with van der Waals surface area (Å²) in [4.78, 5) is 22.7. The topological polar surface area (TPSA) is 76.7 Å². The van der Waals surface area contributed by atoms with Crippen molar-refractivity contribution in [2.45, 2.75) is 46.7 Å². The highest BCUT2D eigenvalue weighted by atomic mass is 19.1. The molecule has 2 N–H and O–H groups in total. The average Bonchev–Trinajstić information content (AvgIpc) is 2.52. The summed E-state index contributed by atoms with van der Waals surface area (Å²) in [6, 6.07) is 0. The van der Waals surface area contributed by atoms with Gasteiger partial charge in [-0.3, -0.25) is 9.59 Å². The molecule has 1 atom stereocenters. The van der Waals surface area contributed by atoms with Crippen molar-refractivity contribution in [3.8, 4) is 0 Å². The van der Waals surface area contributed by atoms with Crippen molar-refractivity contribution in [1.29, 1.82) is 0 Å². The number of ether oxygens (including phenoxy) is 2. The highest BCUT2D eigenvalue weighted by Crippen LogP contribution is 2.02. The third-order valence-corrected chi connectivity index (χ3v) is 3.21. The van der Waals surface area contributed by atoms with Crippen LogP contribution in [-0.4, -0.2) is 57.5 Å². The van der Waals surface area contributed by atoms with Gasteiger partial charge in [-0.2, -0.15) is 0 Å². The molecule has 1 unspecified atom stereocenters. The van der Waals surface area contributed by atoms with Crippen LogP contribution >= 0.6 is 0 Å². The van der Waals surface area contributed by atoms with Gasteiger partial charge in [-0.05, 0) is 12.3 Å². The van der Waals surface area contributed by atoms with E-state index in [1.165, 1.54) is 0 Å². The van der Waals surface area contributed by atoms with Gasteiger partial charge < -0.3 is 20.1 Å². The molecule has 24 heavy (non-hydrogen) atoms. The SMILES string of the molecule is CC(C)CCC(=O)NCCOCCOCC(F)CNC(=O)C(C)C. The molecule has 0 saturated carbocycles. The van der Waals surface area contributed by atoms with E-state index in [1.54, 1.807) is 13.8 Å². The van der Waals surface area contributed by atoms with Crippen molar-refractivity contribution < 1.29 is 23.5 Å². The Bertz CT molecular complexity index is 351. The van der Waals surface area contributed by atoms with E-state index in [-0.39, 0.29) is 37.5 Å². The van der Waals surface area contributed by atoms with Gasteiger partial charge >= 0.3 is 0 Å². The molecule has 0 bridgehead atoms. The van der Waals surface area contributed by atoms with Gasteiger partial charge in [0, 0.05) is 18.9 Å². The number of carbonyl (C=O) groups excluding carboxylic acids is 2. The summed E-state index contributed by atoms with van der Waals surface area (Å²) in [6.45, 7) is 9.03. The van der Waals surface area contributed by atoms with Gasteiger partial charge in [0.25, 0.3) is 0 Å². The number of hydrogen-bond donors (Lipinski definition) is 2. The van der Waals surface area contributed by atoms with E-state index >= 15 is 0 Å². The predicted molar refractivity (Wildman–Crippen MR) is 91.5 cm³/mol. The minimum Gasteiger partial charge on any atom is -0.377 e. The van der Waals surface area contributed by atoms with E-state index in [2.05, 4.69) is 24.5 Å². The van der Waals surface area contributed by atoms with Gasteiger partial charge in [-0.15, -0.1) is 0 Å². The smallest absolute Gasteiger partial charge is 0.222 e. The van der Waals surface area contributed by atoms with Gasteiger partial charge in [-0.25, -0.2) is 4.39 Å². The number of halogens is 1. The molecular weight excluding hydrogens is 315 g/mol. The molecule has 2 amide bonds. The lowest BCUT2D eigenvalue weighted by Crippen LogP contribution is -2.35. The van der Waals surface area contributed by atoms with Crippen LogP contribution in [0.3, 0.4) is 0 Å². The normalized spacial score (nSPS) is 12.5. The highest BCUT2D eigenvalue weighted by Gasteiger charge is 2.11. The summed E-state index contributed by atoms with van der Waals surface area (Å²) in [7, 11) is 0. The van der Waals surface area contributed by atoms with Crippen molar-refractivity contribution in [1.82, 2.24) is 10.6 Å². The molecule has 0 radical (unpaired) electrons. The summed E-state index contributed by atoms with van der Waals surface area (Å²) in [6.07, 6.45) is 0.183. The standard InChI is InChI=1S/C17H33FN2O4/c1-13(2)5-6-16(21)19-7-8-23-9-10-24-12-15(18)11-20-17(22)14(3)4/h13-15H,5-12H2,1-4H3,(H,19,21)(H,20,22). The van der Waals surface area contributed by atoms with Crippen LogP contribution in [-0.2, 0) is 19.1 Å². The maximum absolute atomic E-state index is 13.4. The van der Waals surface area contributed by atoms with Gasteiger partial charge in [-0.1, -0.05) is 27.7 Å². The number of amides is 2. The van der Waals surface area contributed by atoms with Crippen LogP contribution in [0.4, 0.5) is 4.39 Å². The lowest BCUT2D eigenvalue weighted by atomic mass is 10.1. The van der Waals surface area contributed by atoms with Gasteiger partial charge in [0.05, 0.1) is 33.0 Å². The molecule has 0 aliphatic heterocycles. The average molecular weight is 348 g/mol.